The molecule has 1 fully saturated rings. The van der Waals surface area contributed by atoms with E-state index < -0.39 is 0 Å². The summed E-state index contributed by atoms with van der Waals surface area (Å²) in [5, 5.41) is 0. The van der Waals surface area contributed by atoms with Crippen LogP contribution in [0.1, 0.15) is 25.3 Å². The van der Waals surface area contributed by atoms with Gasteiger partial charge in [0.25, 0.3) is 0 Å². The van der Waals surface area contributed by atoms with Gasteiger partial charge in [-0.25, -0.2) is 0 Å². The predicted octanol–water partition coefficient (Wildman–Crippen LogP) is 2.04. The van der Waals surface area contributed by atoms with E-state index in [0.29, 0.717) is 12.2 Å². The van der Waals surface area contributed by atoms with Crippen molar-refractivity contribution in [1.29, 1.82) is 0 Å². The number of carbonyl (C=O) groups is 1. The average molecular weight is 204 g/mol. The van der Waals surface area contributed by atoms with E-state index in [2.05, 4.69) is 0 Å². The molecule has 0 N–H and O–H groups in total. The first-order valence-electron chi connectivity index (χ1n) is 5.13. The summed E-state index contributed by atoms with van der Waals surface area (Å²) in [5.41, 5.74) is 0.754. The van der Waals surface area contributed by atoms with Gasteiger partial charge >= 0.3 is 0 Å². The van der Waals surface area contributed by atoms with Gasteiger partial charge in [0.05, 0.1) is 5.41 Å². The third kappa shape index (κ3) is 1.09. The highest BCUT2D eigenvalue weighted by Gasteiger charge is 2.43. The quantitative estimate of drug-likeness (QED) is 0.702. The van der Waals surface area contributed by atoms with Gasteiger partial charge in [0.15, 0.2) is 11.5 Å². The third-order valence-electron chi connectivity index (χ3n) is 3.48. The van der Waals surface area contributed by atoms with Crippen LogP contribution in [0.15, 0.2) is 18.2 Å². The normalized spacial score (nSPS) is 27.7. The molecule has 15 heavy (non-hydrogen) atoms. The van der Waals surface area contributed by atoms with Gasteiger partial charge in [-0.3, -0.25) is 4.79 Å². The fraction of sp³-hybridized carbons (Fsp3) is 0.417. The summed E-state index contributed by atoms with van der Waals surface area (Å²) in [6, 6.07) is 5.78. The molecule has 78 valence electrons. The van der Waals surface area contributed by atoms with Crippen molar-refractivity contribution in [2.75, 3.05) is 6.79 Å². The second kappa shape index (κ2) is 2.75. The van der Waals surface area contributed by atoms with Gasteiger partial charge in [-0.2, -0.15) is 0 Å². The first-order valence-corrected chi connectivity index (χ1v) is 5.13. The topological polar surface area (TPSA) is 35.5 Å². The lowest BCUT2D eigenvalue weighted by Crippen LogP contribution is -2.41. The highest BCUT2D eigenvalue weighted by Crippen LogP contribution is 2.43. The predicted molar refractivity (Wildman–Crippen MR) is 54.2 cm³/mol. The van der Waals surface area contributed by atoms with Gasteiger partial charge in [-0.1, -0.05) is 6.07 Å². The minimum absolute atomic E-state index is 0.281. The number of carbonyl (C=O) groups excluding carboxylic acids is 1. The lowest BCUT2D eigenvalue weighted by atomic mass is 9.65. The first kappa shape index (κ1) is 8.77. The van der Waals surface area contributed by atoms with Crippen molar-refractivity contribution in [3.05, 3.63) is 23.8 Å². The molecule has 3 heteroatoms. The van der Waals surface area contributed by atoms with Gasteiger partial charge < -0.3 is 9.47 Å². The summed E-state index contributed by atoms with van der Waals surface area (Å²) >= 11 is 0. The number of rotatable bonds is 1. The highest BCUT2D eigenvalue weighted by atomic mass is 16.7. The van der Waals surface area contributed by atoms with E-state index >= 15 is 0 Å². The maximum atomic E-state index is 11.6. The van der Waals surface area contributed by atoms with Crippen LogP contribution < -0.4 is 9.47 Å². The number of ketones is 1. The zero-order valence-electron chi connectivity index (χ0n) is 8.58. The molecular formula is C12H12O3. The van der Waals surface area contributed by atoms with E-state index in [1.165, 1.54) is 0 Å². The smallest absolute Gasteiger partial charge is 0.231 e. The number of fused-ring (bicyclic) bond motifs is 1. The molecule has 1 unspecified atom stereocenters. The molecule has 1 aromatic rings. The Balaban J connectivity index is 2.03. The molecule has 0 spiro atoms. The Labute approximate surface area is 88.0 Å². The average Bonchev–Trinajstić information content (AvgIpc) is 2.72. The molecular weight excluding hydrogens is 192 g/mol. The Kier molecular flexibility index (Phi) is 1.61. The Morgan fingerprint density at radius 1 is 1.27 bits per heavy atom. The van der Waals surface area contributed by atoms with Crippen LogP contribution >= 0.6 is 0 Å². The van der Waals surface area contributed by atoms with Crippen LogP contribution in [-0.4, -0.2) is 12.6 Å². The van der Waals surface area contributed by atoms with Crippen LogP contribution in [0.25, 0.3) is 0 Å². The Morgan fingerprint density at radius 2 is 2.07 bits per heavy atom. The van der Waals surface area contributed by atoms with E-state index in [4.69, 9.17) is 9.47 Å². The maximum absolute atomic E-state index is 11.6. The van der Waals surface area contributed by atoms with Crippen molar-refractivity contribution in [3.63, 3.8) is 0 Å². The second-order valence-electron chi connectivity index (χ2n) is 4.32. The van der Waals surface area contributed by atoms with Crippen molar-refractivity contribution >= 4 is 5.78 Å². The van der Waals surface area contributed by atoms with Crippen LogP contribution in [0.2, 0.25) is 0 Å². The summed E-state index contributed by atoms with van der Waals surface area (Å²) in [4.78, 5) is 11.6. The Bertz CT molecular complexity index is 438. The van der Waals surface area contributed by atoms with Crippen LogP contribution in [0.4, 0.5) is 0 Å². The summed E-state index contributed by atoms with van der Waals surface area (Å²) in [7, 11) is 0. The third-order valence-corrected chi connectivity index (χ3v) is 3.48. The van der Waals surface area contributed by atoms with Gasteiger partial charge in [0.1, 0.15) is 5.78 Å². The zero-order valence-corrected chi connectivity index (χ0v) is 8.58. The molecule has 0 amide bonds. The lowest BCUT2D eigenvalue weighted by molar-refractivity contribution is -0.130. The molecule has 0 saturated heterocycles. The van der Waals surface area contributed by atoms with Gasteiger partial charge in [-0.05, 0) is 31.0 Å². The number of hydrogen-bond acceptors (Lipinski definition) is 3. The largest absolute Gasteiger partial charge is 0.454 e. The number of benzene rings is 1. The summed E-state index contributed by atoms with van der Waals surface area (Å²) in [5.74, 6) is 1.85. The van der Waals surface area contributed by atoms with E-state index in [0.717, 1.165) is 23.5 Å². The van der Waals surface area contributed by atoms with Crippen molar-refractivity contribution in [1.82, 2.24) is 0 Å². The second-order valence-corrected chi connectivity index (χ2v) is 4.32. The molecule has 3 rings (SSSR count). The first-order chi connectivity index (χ1) is 7.20. The SMILES string of the molecule is CC1(c2ccc3c(c2)OCO3)CCC1=O. The fourth-order valence-electron chi connectivity index (χ4n) is 2.15. The van der Waals surface area contributed by atoms with Crippen molar-refractivity contribution in [2.24, 2.45) is 0 Å². The molecule has 1 heterocycles. The van der Waals surface area contributed by atoms with E-state index in [-0.39, 0.29) is 12.2 Å². The minimum atomic E-state index is -0.291. The van der Waals surface area contributed by atoms with Gasteiger partial charge in [-0.15, -0.1) is 0 Å². The molecule has 0 radical (unpaired) electrons. The summed E-state index contributed by atoms with van der Waals surface area (Å²) in [6.07, 6.45) is 1.64. The Morgan fingerprint density at radius 3 is 2.73 bits per heavy atom. The number of ether oxygens (including phenoxy) is 2. The number of hydrogen-bond donors (Lipinski definition) is 0. The van der Waals surface area contributed by atoms with Crippen LogP contribution in [-0.2, 0) is 10.2 Å². The molecule has 1 aliphatic heterocycles. The van der Waals surface area contributed by atoms with Crippen molar-refractivity contribution in [2.45, 2.75) is 25.2 Å². The standard InChI is InChI=1S/C12H12O3/c1-12(5-4-11(12)13)8-2-3-9-10(6-8)15-7-14-9/h2-3,6H,4-5,7H2,1H3. The monoisotopic (exact) mass is 204 g/mol. The molecule has 0 aromatic heterocycles. The molecule has 0 bridgehead atoms. The zero-order chi connectivity index (χ0) is 10.5. The Hall–Kier alpha value is -1.51. The van der Waals surface area contributed by atoms with Crippen LogP contribution in [0.3, 0.4) is 0 Å². The van der Waals surface area contributed by atoms with E-state index in [1.807, 2.05) is 25.1 Å². The van der Waals surface area contributed by atoms with Gasteiger partial charge in [0, 0.05) is 6.42 Å². The van der Waals surface area contributed by atoms with Crippen molar-refractivity contribution in [3.8, 4) is 11.5 Å². The highest BCUT2D eigenvalue weighted by molar-refractivity contribution is 5.95. The molecule has 1 aromatic carbocycles. The van der Waals surface area contributed by atoms with E-state index in [1.54, 1.807) is 0 Å². The lowest BCUT2D eigenvalue weighted by Gasteiger charge is -2.36. The van der Waals surface area contributed by atoms with Crippen LogP contribution in [0, 0.1) is 0 Å². The summed E-state index contributed by atoms with van der Waals surface area (Å²) in [6.45, 7) is 2.28. The minimum Gasteiger partial charge on any atom is -0.454 e. The fourth-order valence-corrected chi connectivity index (χ4v) is 2.15. The van der Waals surface area contributed by atoms with Gasteiger partial charge in [0.2, 0.25) is 6.79 Å². The molecule has 1 aliphatic carbocycles. The summed E-state index contributed by atoms with van der Waals surface area (Å²) < 4.78 is 10.5. The van der Waals surface area contributed by atoms with Crippen LogP contribution in [0.5, 0.6) is 11.5 Å². The molecule has 1 saturated carbocycles. The maximum Gasteiger partial charge on any atom is 0.231 e. The number of Topliss-reactive ketones (excluding diaryl/α,β-unsaturated/α-hetero) is 1. The molecule has 1 atom stereocenters. The van der Waals surface area contributed by atoms with E-state index in [9.17, 15) is 4.79 Å². The van der Waals surface area contributed by atoms with Crippen molar-refractivity contribution < 1.29 is 14.3 Å². The molecule has 2 aliphatic rings. The molecule has 3 nitrogen and oxygen atoms in total.